The minimum atomic E-state index is 0.792. The molecule has 0 bridgehead atoms. The van der Waals surface area contributed by atoms with E-state index in [9.17, 15) is 0 Å². The molecule has 0 radical (unpaired) electrons. The molecule has 2 aliphatic rings. The monoisotopic (exact) mass is 291 g/mol. The highest BCUT2D eigenvalue weighted by atomic mass is 35.5. The predicted octanol–water partition coefficient (Wildman–Crippen LogP) is 4.83. The molecule has 0 aromatic heterocycles. The summed E-state index contributed by atoms with van der Waals surface area (Å²) in [6.07, 6.45) is 11.2. The lowest BCUT2D eigenvalue weighted by molar-refractivity contribution is 0.356. The molecule has 2 heteroatoms. The highest BCUT2D eigenvalue weighted by molar-refractivity contribution is 6.30. The van der Waals surface area contributed by atoms with E-state index in [4.69, 9.17) is 11.6 Å². The topological polar surface area (TPSA) is 12.0 Å². The maximum atomic E-state index is 5.98. The van der Waals surface area contributed by atoms with Crippen LogP contribution >= 0.6 is 11.6 Å². The van der Waals surface area contributed by atoms with E-state index in [2.05, 4.69) is 17.4 Å². The first kappa shape index (κ1) is 14.4. The van der Waals surface area contributed by atoms with Gasteiger partial charge in [-0.3, -0.25) is 0 Å². The number of hydrogen-bond acceptors (Lipinski definition) is 1. The number of rotatable bonds is 7. The van der Waals surface area contributed by atoms with Crippen molar-refractivity contribution < 1.29 is 0 Å². The van der Waals surface area contributed by atoms with Gasteiger partial charge >= 0.3 is 0 Å². The summed E-state index contributed by atoms with van der Waals surface area (Å²) in [5.74, 6) is 1.77. The van der Waals surface area contributed by atoms with Gasteiger partial charge < -0.3 is 5.32 Å². The average Bonchev–Trinajstić information content (AvgIpc) is 3.15. The van der Waals surface area contributed by atoms with Gasteiger partial charge in [0.15, 0.2) is 0 Å². The summed E-state index contributed by atoms with van der Waals surface area (Å²) in [5.41, 5.74) is 1.44. The average molecular weight is 292 g/mol. The van der Waals surface area contributed by atoms with Crippen molar-refractivity contribution in [2.24, 2.45) is 11.8 Å². The number of benzene rings is 1. The van der Waals surface area contributed by atoms with Crippen molar-refractivity contribution in [3.63, 3.8) is 0 Å². The summed E-state index contributed by atoms with van der Waals surface area (Å²) in [4.78, 5) is 0. The largest absolute Gasteiger partial charge is 0.314 e. The van der Waals surface area contributed by atoms with Crippen molar-refractivity contribution in [1.82, 2.24) is 5.32 Å². The molecule has 1 aromatic rings. The second-order valence-electron chi connectivity index (χ2n) is 6.77. The molecule has 0 aliphatic heterocycles. The number of hydrogen-bond donors (Lipinski definition) is 1. The lowest BCUT2D eigenvalue weighted by Gasteiger charge is -2.21. The maximum absolute atomic E-state index is 5.98. The third-order valence-electron chi connectivity index (χ3n) is 4.85. The molecule has 0 saturated heterocycles. The summed E-state index contributed by atoms with van der Waals surface area (Å²) in [6.45, 7) is 1.20. The summed E-state index contributed by atoms with van der Waals surface area (Å²) in [7, 11) is 0. The molecule has 2 aliphatic carbocycles. The van der Waals surface area contributed by atoms with Crippen LogP contribution in [0.25, 0.3) is 0 Å². The van der Waals surface area contributed by atoms with Crippen LogP contribution in [0.5, 0.6) is 0 Å². The molecule has 20 heavy (non-hydrogen) atoms. The van der Waals surface area contributed by atoms with Crippen LogP contribution in [-0.2, 0) is 6.42 Å². The minimum absolute atomic E-state index is 0.792. The lowest BCUT2D eigenvalue weighted by Crippen LogP contribution is -2.27. The van der Waals surface area contributed by atoms with E-state index in [1.165, 1.54) is 63.5 Å². The fraction of sp³-hybridized carbons (Fsp3) is 0.667. The normalized spacial score (nSPS) is 21.2. The van der Waals surface area contributed by atoms with Gasteiger partial charge in [-0.2, -0.15) is 0 Å². The molecular formula is C18H26ClN. The number of nitrogens with one attached hydrogen (secondary N) is 1. The van der Waals surface area contributed by atoms with Crippen LogP contribution in [0.2, 0.25) is 5.02 Å². The highest BCUT2D eigenvalue weighted by Gasteiger charge is 2.24. The van der Waals surface area contributed by atoms with Crippen LogP contribution in [0.4, 0.5) is 0 Å². The Kier molecular flexibility index (Phi) is 5.01. The van der Waals surface area contributed by atoms with E-state index >= 15 is 0 Å². The highest BCUT2D eigenvalue weighted by Crippen LogP contribution is 2.32. The predicted molar refractivity (Wildman–Crippen MR) is 86.2 cm³/mol. The zero-order valence-corrected chi connectivity index (χ0v) is 13.0. The van der Waals surface area contributed by atoms with Gasteiger partial charge in [0.2, 0.25) is 0 Å². The molecular weight excluding hydrogens is 266 g/mol. The first-order chi connectivity index (χ1) is 9.79. The van der Waals surface area contributed by atoms with Gasteiger partial charge in [0.05, 0.1) is 0 Å². The van der Waals surface area contributed by atoms with E-state index in [0.29, 0.717) is 0 Å². The standard InChI is InChI=1S/C18H26ClN/c19-17-7-5-15(6-8-17)12-16(13-20-18-9-10-18)11-14-3-1-2-4-14/h5-8,14,16,18,20H,1-4,9-13H2. The Morgan fingerprint density at radius 3 is 2.40 bits per heavy atom. The molecule has 1 atom stereocenters. The molecule has 2 saturated carbocycles. The van der Waals surface area contributed by atoms with Crippen molar-refractivity contribution in [3.05, 3.63) is 34.9 Å². The van der Waals surface area contributed by atoms with Gasteiger partial charge in [-0.25, -0.2) is 0 Å². The fourth-order valence-electron chi connectivity index (χ4n) is 3.53. The van der Waals surface area contributed by atoms with E-state index < -0.39 is 0 Å². The fourth-order valence-corrected chi connectivity index (χ4v) is 3.66. The Morgan fingerprint density at radius 1 is 1.05 bits per heavy atom. The summed E-state index contributed by atoms with van der Waals surface area (Å²) in [6, 6.07) is 9.27. The lowest BCUT2D eigenvalue weighted by atomic mass is 9.88. The Balaban J connectivity index is 1.55. The van der Waals surface area contributed by atoms with Crippen molar-refractivity contribution in [1.29, 1.82) is 0 Å². The van der Waals surface area contributed by atoms with Crippen LogP contribution in [0, 0.1) is 11.8 Å². The Morgan fingerprint density at radius 2 is 1.75 bits per heavy atom. The molecule has 110 valence electrons. The van der Waals surface area contributed by atoms with Crippen molar-refractivity contribution in [2.45, 2.75) is 57.4 Å². The van der Waals surface area contributed by atoms with Crippen LogP contribution < -0.4 is 5.32 Å². The van der Waals surface area contributed by atoms with E-state index in [1.807, 2.05) is 12.1 Å². The van der Waals surface area contributed by atoms with Gasteiger partial charge in [-0.15, -0.1) is 0 Å². The summed E-state index contributed by atoms with van der Waals surface area (Å²) in [5, 5.41) is 4.58. The van der Waals surface area contributed by atoms with E-state index in [-0.39, 0.29) is 0 Å². The second kappa shape index (κ2) is 6.95. The Labute approximate surface area is 128 Å². The summed E-state index contributed by atoms with van der Waals surface area (Å²) < 4.78 is 0. The van der Waals surface area contributed by atoms with Crippen LogP contribution in [0.15, 0.2) is 24.3 Å². The SMILES string of the molecule is Clc1ccc(CC(CNC2CC2)CC2CCCC2)cc1. The van der Waals surface area contributed by atoms with Gasteiger partial charge in [-0.1, -0.05) is 49.4 Å². The quantitative estimate of drug-likeness (QED) is 0.758. The zero-order chi connectivity index (χ0) is 13.8. The van der Waals surface area contributed by atoms with Crippen LogP contribution in [0.3, 0.4) is 0 Å². The molecule has 3 rings (SSSR count). The second-order valence-corrected chi connectivity index (χ2v) is 7.20. The molecule has 2 fully saturated rings. The van der Waals surface area contributed by atoms with Gasteiger partial charge in [0.1, 0.15) is 0 Å². The maximum Gasteiger partial charge on any atom is 0.0406 e. The van der Waals surface area contributed by atoms with Gasteiger partial charge in [0, 0.05) is 11.1 Å². The molecule has 0 heterocycles. The van der Waals surface area contributed by atoms with Crippen molar-refractivity contribution >= 4 is 11.6 Å². The van der Waals surface area contributed by atoms with Gasteiger partial charge in [0.25, 0.3) is 0 Å². The molecule has 1 N–H and O–H groups in total. The third kappa shape index (κ3) is 4.49. The third-order valence-corrected chi connectivity index (χ3v) is 5.10. The molecule has 1 nitrogen and oxygen atoms in total. The Hall–Kier alpha value is -0.530. The molecule has 0 spiro atoms. The van der Waals surface area contributed by atoms with Crippen molar-refractivity contribution in [2.75, 3.05) is 6.54 Å². The molecule has 1 aromatic carbocycles. The Bertz CT molecular complexity index is 404. The smallest absolute Gasteiger partial charge is 0.0406 e. The van der Waals surface area contributed by atoms with E-state index in [0.717, 1.165) is 22.9 Å². The first-order valence-electron chi connectivity index (χ1n) is 8.27. The van der Waals surface area contributed by atoms with E-state index in [1.54, 1.807) is 0 Å². The molecule has 1 unspecified atom stereocenters. The first-order valence-corrected chi connectivity index (χ1v) is 8.65. The van der Waals surface area contributed by atoms with Crippen LogP contribution in [-0.4, -0.2) is 12.6 Å². The van der Waals surface area contributed by atoms with Crippen LogP contribution in [0.1, 0.15) is 50.5 Å². The minimum Gasteiger partial charge on any atom is -0.314 e. The van der Waals surface area contributed by atoms with Crippen molar-refractivity contribution in [3.8, 4) is 0 Å². The number of halogens is 1. The van der Waals surface area contributed by atoms with Gasteiger partial charge in [-0.05, 0) is 61.8 Å². The summed E-state index contributed by atoms with van der Waals surface area (Å²) >= 11 is 5.98. The zero-order valence-electron chi connectivity index (χ0n) is 12.3. The molecule has 0 amide bonds.